The first-order valence-electron chi connectivity index (χ1n) is 6.12. The fourth-order valence-corrected chi connectivity index (χ4v) is 2.59. The van der Waals surface area contributed by atoms with Crippen molar-refractivity contribution in [1.82, 2.24) is 0 Å². The molecule has 100 valence electrons. The fourth-order valence-electron chi connectivity index (χ4n) is 1.96. The summed E-state index contributed by atoms with van der Waals surface area (Å²) >= 11 is 3.57. The molecule has 0 fully saturated rings. The van der Waals surface area contributed by atoms with Gasteiger partial charge in [-0.25, -0.2) is 8.78 Å². The van der Waals surface area contributed by atoms with Crippen molar-refractivity contribution in [2.45, 2.75) is 25.1 Å². The van der Waals surface area contributed by atoms with Crippen molar-refractivity contribution >= 4 is 15.9 Å². The number of benzene rings is 2. The van der Waals surface area contributed by atoms with Crippen molar-refractivity contribution in [3.8, 4) is 0 Å². The van der Waals surface area contributed by atoms with E-state index in [9.17, 15) is 8.78 Å². The molecule has 0 saturated carbocycles. The molecule has 0 amide bonds. The van der Waals surface area contributed by atoms with Crippen LogP contribution in [0.4, 0.5) is 8.78 Å². The largest absolute Gasteiger partial charge is 0.207 e. The maximum absolute atomic E-state index is 13.6. The number of hydrogen-bond donors (Lipinski definition) is 0. The highest BCUT2D eigenvalue weighted by Gasteiger charge is 2.12. The van der Waals surface area contributed by atoms with Crippen molar-refractivity contribution in [1.29, 1.82) is 0 Å². The van der Waals surface area contributed by atoms with Gasteiger partial charge in [0.15, 0.2) is 0 Å². The van der Waals surface area contributed by atoms with E-state index in [0.717, 1.165) is 11.6 Å². The van der Waals surface area contributed by atoms with Crippen molar-refractivity contribution in [2.75, 3.05) is 0 Å². The van der Waals surface area contributed by atoms with Crippen LogP contribution in [0, 0.1) is 25.5 Å². The van der Waals surface area contributed by atoms with Crippen LogP contribution in [0.1, 0.15) is 27.1 Å². The summed E-state index contributed by atoms with van der Waals surface area (Å²) in [4.78, 5) is 0.0201. The molecule has 2 aromatic carbocycles. The number of aryl methyl sites for hydroxylation is 2. The zero-order valence-electron chi connectivity index (χ0n) is 10.9. The second-order valence-corrected chi connectivity index (χ2v) is 5.86. The number of hydrogen-bond acceptors (Lipinski definition) is 0. The summed E-state index contributed by atoms with van der Waals surface area (Å²) in [6.07, 6.45) is 0.495. The molecular formula is C16H15BrF2. The van der Waals surface area contributed by atoms with Crippen molar-refractivity contribution in [3.63, 3.8) is 0 Å². The lowest BCUT2D eigenvalue weighted by molar-refractivity contribution is 0.571. The molecule has 0 aromatic heterocycles. The van der Waals surface area contributed by atoms with Crippen LogP contribution in [0.15, 0.2) is 36.4 Å². The van der Waals surface area contributed by atoms with Gasteiger partial charge in [-0.3, -0.25) is 0 Å². The number of alkyl halides is 1. The van der Waals surface area contributed by atoms with Gasteiger partial charge in [-0.05, 0) is 48.6 Å². The lowest BCUT2D eigenvalue weighted by Gasteiger charge is -2.13. The Labute approximate surface area is 120 Å². The van der Waals surface area contributed by atoms with Gasteiger partial charge in [0.1, 0.15) is 11.6 Å². The predicted octanol–water partition coefficient (Wildman–Crippen LogP) is 5.26. The van der Waals surface area contributed by atoms with E-state index in [1.807, 2.05) is 6.07 Å². The first-order chi connectivity index (χ1) is 8.97. The van der Waals surface area contributed by atoms with Crippen molar-refractivity contribution < 1.29 is 8.78 Å². The zero-order chi connectivity index (χ0) is 14.0. The monoisotopic (exact) mass is 324 g/mol. The lowest BCUT2D eigenvalue weighted by atomic mass is 10.00. The smallest absolute Gasteiger partial charge is 0.129 e. The molecule has 0 aliphatic rings. The van der Waals surface area contributed by atoms with E-state index < -0.39 is 11.6 Å². The van der Waals surface area contributed by atoms with Gasteiger partial charge in [0.2, 0.25) is 0 Å². The van der Waals surface area contributed by atoms with Crippen LogP contribution in [-0.2, 0) is 6.42 Å². The summed E-state index contributed by atoms with van der Waals surface area (Å²) in [6, 6.07) is 9.90. The minimum atomic E-state index is -0.543. The quantitative estimate of drug-likeness (QED) is 0.675. The van der Waals surface area contributed by atoms with Gasteiger partial charge >= 0.3 is 0 Å². The van der Waals surface area contributed by atoms with E-state index in [-0.39, 0.29) is 4.83 Å². The molecule has 0 spiro atoms. The van der Waals surface area contributed by atoms with Crippen LogP contribution in [-0.4, -0.2) is 0 Å². The predicted molar refractivity (Wildman–Crippen MR) is 77.6 cm³/mol. The second kappa shape index (κ2) is 5.83. The van der Waals surface area contributed by atoms with E-state index in [1.54, 1.807) is 0 Å². The topological polar surface area (TPSA) is 0 Å². The van der Waals surface area contributed by atoms with Gasteiger partial charge in [-0.1, -0.05) is 40.2 Å². The Morgan fingerprint density at radius 1 is 1.00 bits per heavy atom. The molecule has 0 bridgehead atoms. The van der Waals surface area contributed by atoms with Crippen LogP contribution in [0.5, 0.6) is 0 Å². The van der Waals surface area contributed by atoms with Crippen LogP contribution >= 0.6 is 15.9 Å². The average Bonchev–Trinajstić information content (AvgIpc) is 2.36. The minimum absolute atomic E-state index is 0.0201. The maximum atomic E-state index is 13.6. The molecule has 0 heterocycles. The van der Waals surface area contributed by atoms with Crippen LogP contribution in [0.3, 0.4) is 0 Å². The molecule has 3 heteroatoms. The number of rotatable bonds is 3. The van der Waals surface area contributed by atoms with Gasteiger partial charge in [0.25, 0.3) is 0 Å². The first-order valence-corrected chi connectivity index (χ1v) is 7.04. The summed E-state index contributed by atoms with van der Waals surface area (Å²) in [5.41, 5.74) is 4.06. The van der Waals surface area contributed by atoms with Crippen molar-refractivity contribution in [2.24, 2.45) is 0 Å². The first kappa shape index (κ1) is 14.2. The van der Waals surface area contributed by atoms with E-state index in [0.29, 0.717) is 12.0 Å². The third-order valence-corrected chi connectivity index (χ3v) is 4.16. The van der Waals surface area contributed by atoms with Crippen LogP contribution in [0.2, 0.25) is 0 Å². The molecule has 0 saturated heterocycles. The van der Waals surface area contributed by atoms with Gasteiger partial charge in [-0.15, -0.1) is 0 Å². The highest BCUT2D eigenvalue weighted by molar-refractivity contribution is 9.09. The highest BCUT2D eigenvalue weighted by atomic mass is 79.9. The van der Waals surface area contributed by atoms with Gasteiger partial charge in [0, 0.05) is 10.9 Å². The Kier molecular flexibility index (Phi) is 4.35. The molecule has 2 aromatic rings. The normalized spacial score (nSPS) is 12.5. The third kappa shape index (κ3) is 3.41. The average molecular weight is 325 g/mol. The van der Waals surface area contributed by atoms with E-state index in [1.165, 1.54) is 23.3 Å². The number of halogens is 3. The van der Waals surface area contributed by atoms with E-state index >= 15 is 0 Å². The van der Waals surface area contributed by atoms with E-state index in [2.05, 4.69) is 41.9 Å². The Hall–Kier alpha value is -1.22. The molecular weight excluding hydrogens is 310 g/mol. The molecule has 1 atom stereocenters. The highest BCUT2D eigenvalue weighted by Crippen LogP contribution is 2.29. The molecule has 0 N–H and O–H groups in total. The third-order valence-electron chi connectivity index (χ3n) is 3.31. The molecule has 0 nitrogen and oxygen atoms in total. The Morgan fingerprint density at radius 3 is 2.37 bits per heavy atom. The SMILES string of the molecule is Cc1ccc(C(Br)Cc2ccc(F)cc2F)cc1C. The Balaban J connectivity index is 2.20. The summed E-state index contributed by atoms with van der Waals surface area (Å²) < 4.78 is 26.5. The van der Waals surface area contributed by atoms with Gasteiger partial charge in [0.05, 0.1) is 0 Å². The summed E-state index contributed by atoms with van der Waals surface area (Å²) in [5, 5.41) is 0. The van der Waals surface area contributed by atoms with Gasteiger partial charge in [-0.2, -0.15) is 0 Å². The molecule has 19 heavy (non-hydrogen) atoms. The second-order valence-electron chi connectivity index (χ2n) is 4.75. The zero-order valence-corrected chi connectivity index (χ0v) is 12.5. The molecule has 1 unspecified atom stereocenters. The van der Waals surface area contributed by atoms with Crippen LogP contribution in [0.25, 0.3) is 0 Å². The fraction of sp³-hybridized carbons (Fsp3) is 0.250. The van der Waals surface area contributed by atoms with Gasteiger partial charge < -0.3 is 0 Å². The maximum Gasteiger partial charge on any atom is 0.129 e. The van der Waals surface area contributed by atoms with Crippen LogP contribution < -0.4 is 0 Å². The Morgan fingerprint density at radius 2 is 1.74 bits per heavy atom. The summed E-state index contributed by atoms with van der Waals surface area (Å²) in [5.74, 6) is -1.04. The molecule has 2 rings (SSSR count). The Bertz CT molecular complexity index is 593. The minimum Gasteiger partial charge on any atom is -0.207 e. The molecule has 0 radical (unpaired) electrons. The standard InChI is InChI=1S/C16H15BrF2/c1-10-3-4-12(7-11(10)2)15(17)8-13-5-6-14(18)9-16(13)19/h3-7,9,15H,8H2,1-2H3. The van der Waals surface area contributed by atoms with Crippen molar-refractivity contribution in [3.05, 3.63) is 70.3 Å². The lowest BCUT2D eigenvalue weighted by Crippen LogP contribution is -1.99. The summed E-state index contributed by atoms with van der Waals surface area (Å²) in [6.45, 7) is 4.11. The summed E-state index contributed by atoms with van der Waals surface area (Å²) in [7, 11) is 0. The van der Waals surface area contributed by atoms with E-state index in [4.69, 9.17) is 0 Å². The molecule has 0 aliphatic heterocycles. The molecule has 0 aliphatic carbocycles.